The van der Waals surface area contributed by atoms with Crippen molar-refractivity contribution >= 4 is 11.6 Å². The van der Waals surface area contributed by atoms with Crippen molar-refractivity contribution < 1.29 is 0 Å². The van der Waals surface area contributed by atoms with E-state index < -0.39 is 0 Å². The van der Waals surface area contributed by atoms with E-state index in [9.17, 15) is 0 Å². The zero-order valence-corrected chi connectivity index (χ0v) is 5.50. The van der Waals surface area contributed by atoms with Gasteiger partial charge in [-0.15, -0.1) is 11.6 Å². The van der Waals surface area contributed by atoms with Gasteiger partial charge in [-0.1, -0.05) is 0 Å². The Morgan fingerprint density at radius 1 is 1.75 bits per heavy atom. The van der Waals surface area contributed by atoms with E-state index in [0.717, 1.165) is 0 Å². The summed E-state index contributed by atoms with van der Waals surface area (Å²) in [7, 11) is 0. The van der Waals surface area contributed by atoms with E-state index in [0.29, 0.717) is 5.88 Å². The van der Waals surface area contributed by atoms with Gasteiger partial charge in [0.1, 0.15) is 0 Å². The van der Waals surface area contributed by atoms with Crippen molar-refractivity contribution in [3.05, 3.63) is 23.5 Å². The summed E-state index contributed by atoms with van der Waals surface area (Å²) in [6.07, 6.45) is 1.90. The normalized spacial score (nSPS) is 9.75. The van der Waals surface area contributed by atoms with Crippen LogP contribution in [-0.2, 0) is 5.88 Å². The molecule has 0 unspecified atom stereocenters. The molecule has 0 radical (unpaired) electrons. The minimum atomic E-state index is 0.606. The van der Waals surface area contributed by atoms with Crippen LogP contribution in [-0.4, -0.2) is 4.98 Å². The van der Waals surface area contributed by atoms with E-state index in [1.165, 1.54) is 11.3 Å². The van der Waals surface area contributed by atoms with Gasteiger partial charge in [0.05, 0.1) is 0 Å². The third-order valence-electron chi connectivity index (χ3n) is 1.21. The number of hydrogen-bond acceptors (Lipinski definition) is 0. The van der Waals surface area contributed by atoms with Gasteiger partial charge in [-0.3, -0.25) is 0 Å². The second-order valence-corrected chi connectivity index (χ2v) is 2.03. The van der Waals surface area contributed by atoms with Gasteiger partial charge in [-0.25, -0.2) is 0 Å². The van der Waals surface area contributed by atoms with Crippen molar-refractivity contribution in [2.75, 3.05) is 0 Å². The summed E-state index contributed by atoms with van der Waals surface area (Å²) in [6, 6.07) is 1.99. The lowest BCUT2D eigenvalue weighted by Gasteiger charge is -1.87. The molecule has 0 atom stereocenters. The molecule has 1 nitrogen and oxygen atoms in total. The van der Waals surface area contributed by atoms with Gasteiger partial charge in [0.15, 0.2) is 0 Å². The second-order valence-electron chi connectivity index (χ2n) is 1.76. The largest absolute Gasteiger partial charge is 0.365 e. The minimum absolute atomic E-state index is 0.606. The lowest BCUT2D eigenvalue weighted by molar-refractivity contribution is 1.22. The number of aromatic nitrogens is 1. The van der Waals surface area contributed by atoms with Crippen LogP contribution in [0, 0.1) is 6.92 Å². The molecule has 1 rings (SSSR count). The fourth-order valence-electron chi connectivity index (χ4n) is 0.630. The molecule has 0 bridgehead atoms. The van der Waals surface area contributed by atoms with E-state index in [4.69, 9.17) is 11.6 Å². The number of hydrogen-bond donors (Lipinski definition) is 1. The highest BCUT2D eigenvalue weighted by molar-refractivity contribution is 6.17. The maximum Gasteiger partial charge on any atom is 0.0491 e. The van der Waals surface area contributed by atoms with E-state index in [2.05, 4.69) is 4.98 Å². The molecule has 2 heteroatoms. The van der Waals surface area contributed by atoms with Gasteiger partial charge in [0, 0.05) is 17.8 Å². The summed E-state index contributed by atoms with van der Waals surface area (Å²) >= 11 is 5.55. The predicted octanol–water partition coefficient (Wildman–Crippen LogP) is 2.06. The van der Waals surface area contributed by atoms with Crippen LogP contribution in [0.2, 0.25) is 0 Å². The molecular weight excluding hydrogens is 122 g/mol. The molecule has 44 valence electrons. The Hall–Kier alpha value is -0.430. The monoisotopic (exact) mass is 129 g/mol. The number of aromatic amines is 1. The number of alkyl halides is 1. The summed E-state index contributed by atoms with van der Waals surface area (Å²) in [5.41, 5.74) is 2.35. The topological polar surface area (TPSA) is 15.8 Å². The lowest BCUT2D eigenvalue weighted by Crippen LogP contribution is -1.75. The van der Waals surface area contributed by atoms with Crippen molar-refractivity contribution in [2.24, 2.45) is 0 Å². The lowest BCUT2D eigenvalue weighted by atomic mass is 10.3. The highest BCUT2D eigenvalue weighted by atomic mass is 35.5. The Bertz CT molecular complexity index is 169. The first kappa shape index (κ1) is 5.70. The maximum atomic E-state index is 5.55. The van der Waals surface area contributed by atoms with Crippen LogP contribution in [0.4, 0.5) is 0 Å². The van der Waals surface area contributed by atoms with Crippen LogP contribution in [0.1, 0.15) is 11.3 Å². The molecule has 0 fully saturated rings. The molecule has 1 aromatic heterocycles. The molecular formula is C6H8ClN. The van der Waals surface area contributed by atoms with E-state index in [1.54, 1.807) is 0 Å². The van der Waals surface area contributed by atoms with Crippen molar-refractivity contribution in [1.29, 1.82) is 0 Å². The summed E-state index contributed by atoms with van der Waals surface area (Å²) in [6.45, 7) is 2.01. The molecule has 1 N–H and O–H groups in total. The summed E-state index contributed by atoms with van der Waals surface area (Å²) in [5, 5.41) is 0. The van der Waals surface area contributed by atoms with Crippen molar-refractivity contribution in [3.8, 4) is 0 Å². The van der Waals surface area contributed by atoms with Crippen molar-refractivity contribution in [2.45, 2.75) is 12.8 Å². The summed E-state index contributed by atoms with van der Waals surface area (Å²) in [5.74, 6) is 0.606. The highest BCUT2D eigenvalue weighted by Crippen LogP contribution is 2.06. The Labute approximate surface area is 53.7 Å². The Morgan fingerprint density at radius 3 is 2.75 bits per heavy atom. The number of halogens is 1. The fraction of sp³-hybridized carbons (Fsp3) is 0.333. The van der Waals surface area contributed by atoms with E-state index >= 15 is 0 Å². The Morgan fingerprint density at radius 2 is 2.50 bits per heavy atom. The fourth-order valence-corrected chi connectivity index (χ4v) is 0.919. The zero-order chi connectivity index (χ0) is 5.98. The first-order chi connectivity index (χ1) is 3.84. The molecule has 0 saturated heterocycles. The molecule has 0 aliphatic heterocycles. The smallest absolute Gasteiger partial charge is 0.0491 e. The van der Waals surface area contributed by atoms with Crippen LogP contribution < -0.4 is 0 Å². The van der Waals surface area contributed by atoms with Crippen molar-refractivity contribution in [3.63, 3.8) is 0 Å². The van der Waals surface area contributed by atoms with Crippen LogP contribution >= 0.6 is 11.6 Å². The van der Waals surface area contributed by atoms with Gasteiger partial charge < -0.3 is 4.98 Å². The third kappa shape index (κ3) is 0.869. The standard InChI is InChI=1S/C6H8ClN/c1-5-6(4-7)2-3-8-5/h2-3,8H,4H2,1H3. The van der Waals surface area contributed by atoms with Gasteiger partial charge in [0.2, 0.25) is 0 Å². The van der Waals surface area contributed by atoms with Gasteiger partial charge >= 0.3 is 0 Å². The molecule has 0 aliphatic carbocycles. The van der Waals surface area contributed by atoms with Gasteiger partial charge in [-0.05, 0) is 18.6 Å². The molecule has 1 heterocycles. The van der Waals surface area contributed by atoms with Crippen LogP contribution in [0.15, 0.2) is 12.3 Å². The molecule has 0 spiro atoms. The molecule has 1 aromatic rings. The van der Waals surface area contributed by atoms with Crippen LogP contribution in [0.3, 0.4) is 0 Å². The summed E-state index contributed by atoms with van der Waals surface area (Å²) < 4.78 is 0. The van der Waals surface area contributed by atoms with Gasteiger partial charge in [0.25, 0.3) is 0 Å². The molecule has 8 heavy (non-hydrogen) atoms. The number of aryl methyl sites for hydroxylation is 1. The van der Waals surface area contributed by atoms with E-state index in [-0.39, 0.29) is 0 Å². The SMILES string of the molecule is Cc1[nH]ccc1CCl. The van der Waals surface area contributed by atoms with Crippen molar-refractivity contribution in [1.82, 2.24) is 4.98 Å². The predicted molar refractivity (Wildman–Crippen MR) is 35.1 cm³/mol. The number of rotatable bonds is 1. The van der Waals surface area contributed by atoms with Crippen LogP contribution in [0.5, 0.6) is 0 Å². The zero-order valence-electron chi connectivity index (χ0n) is 4.74. The molecule has 0 amide bonds. The second kappa shape index (κ2) is 2.23. The quantitative estimate of drug-likeness (QED) is 0.559. The minimum Gasteiger partial charge on any atom is -0.365 e. The highest BCUT2D eigenvalue weighted by Gasteiger charge is 1.92. The maximum absolute atomic E-state index is 5.55. The van der Waals surface area contributed by atoms with Gasteiger partial charge in [-0.2, -0.15) is 0 Å². The Balaban J connectivity index is 2.92. The first-order valence-corrected chi connectivity index (χ1v) is 3.07. The average Bonchev–Trinajstić information content (AvgIpc) is 2.14. The molecule has 0 aromatic carbocycles. The summed E-state index contributed by atoms with van der Waals surface area (Å²) in [4.78, 5) is 3.04. The van der Waals surface area contributed by atoms with Crippen LogP contribution in [0.25, 0.3) is 0 Å². The third-order valence-corrected chi connectivity index (χ3v) is 1.50. The molecule has 0 aliphatic rings. The molecule has 0 saturated carbocycles. The average molecular weight is 130 g/mol. The Kier molecular flexibility index (Phi) is 1.59. The van der Waals surface area contributed by atoms with E-state index in [1.807, 2.05) is 19.2 Å². The number of H-pyrrole nitrogens is 1. The first-order valence-electron chi connectivity index (χ1n) is 2.53. The number of nitrogens with one attached hydrogen (secondary N) is 1.